The lowest BCUT2D eigenvalue weighted by molar-refractivity contribution is -0.130. The van der Waals surface area contributed by atoms with E-state index in [0.717, 1.165) is 17.6 Å². The molecule has 0 aliphatic heterocycles. The molecule has 0 bridgehead atoms. The molecule has 0 saturated carbocycles. The van der Waals surface area contributed by atoms with Gasteiger partial charge in [-0.2, -0.15) is 5.10 Å². The number of anilines is 1. The number of amides is 1. The molecule has 0 atom stereocenters. The summed E-state index contributed by atoms with van der Waals surface area (Å²) in [5.41, 5.74) is 1.72. The van der Waals surface area contributed by atoms with Crippen molar-refractivity contribution in [2.75, 3.05) is 38.7 Å². The fraction of sp³-hybridized carbons (Fsp3) is 0.350. The number of aromatic nitrogens is 3. The van der Waals surface area contributed by atoms with Crippen molar-refractivity contribution in [3.05, 3.63) is 47.7 Å². The molecule has 0 spiro atoms. The standard InChI is InChI=1S/C20H24ClN5O2/c1-4-25(16-7-8-17(21)18(12-16)28-3)11-10-24(2)19(27)14-26-20-15(13-23-26)6-5-9-22-20/h5-9,12-13H,4,10-11,14H2,1-3H3. The van der Waals surface area contributed by atoms with Gasteiger partial charge in [0.15, 0.2) is 5.65 Å². The Morgan fingerprint density at radius 1 is 1.29 bits per heavy atom. The molecule has 3 aromatic rings. The maximum Gasteiger partial charge on any atom is 0.244 e. The number of nitrogens with zero attached hydrogens (tertiary/aromatic N) is 5. The van der Waals surface area contributed by atoms with Gasteiger partial charge in [-0.25, -0.2) is 9.67 Å². The number of hydrogen-bond acceptors (Lipinski definition) is 5. The lowest BCUT2D eigenvalue weighted by atomic mass is 10.2. The quantitative estimate of drug-likeness (QED) is 0.580. The van der Waals surface area contributed by atoms with Gasteiger partial charge < -0.3 is 14.5 Å². The van der Waals surface area contributed by atoms with Gasteiger partial charge >= 0.3 is 0 Å². The van der Waals surface area contributed by atoms with Gasteiger partial charge in [0.25, 0.3) is 0 Å². The van der Waals surface area contributed by atoms with E-state index >= 15 is 0 Å². The minimum Gasteiger partial charge on any atom is -0.495 e. The van der Waals surface area contributed by atoms with Crippen LogP contribution >= 0.6 is 11.6 Å². The lowest BCUT2D eigenvalue weighted by Gasteiger charge is -2.27. The second-order valence-electron chi connectivity index (χ2n) is 6.43. The smallest absolute Gasteiger partial charge is 0.244 e. The van der Waals surface area contributed by atoms with Crippen LogP contribution in [0, 0.1) is 0 Å². The van der Waals surface area contributed by atoms with Gasteiger partial charge in [0.05, 0.1) is 18.3 Å². The van der Waals surface area contributed by atoms with Gasteiger partial charge in [-0.05, 0) is 31.2 Å². The monoisotopic (exact) mass is 401 g/mol. The molecule has 1 aromatic carbocycles. The predicted octanol–water partition coefficient (Wildman–Crippen LogP) is 3.08. The SMILES string of the molecule is CCN(CCN(C)C(=O)Cn1ncc2cccnc21)c1ccc(Cl)c(OC)c1. The minimum atomic E-state index is -0.0135. The Kier molecular flexibility index (Phi) is 6.36. The molecule has 0 N–H and O–H groups in total. The Hall–Kier alpha value is -2.80. The maximum absolute atomic E-state index is 12.6. The summed E-state index contributed by atoms with van der Waals surface area (Å²) in [4.78, 5) is 20.8. The first kappa shape index (κ1) is 19.9. The number of carbonyl (C=O) groups is 1. The third-order valence-corrected chi connectivity index (χ3v) is 5.01. The van der Waals surface area contributed by atoms with Gasteiger partial charge in [0.1, 0.15) is 12.3 Å². The summed E-state index contributed by atoms with van der Waals surface area (Å²) in [5, 5.41) is 5.78. The van der Waals surface area contributed by atoms with E-state index < -0.39 is 0 Å². The van der Waals surface area contributed by atoms with Crippen molar-refractivity contribution in [1.82, 2.24) is 19.7 Å². The number of benzene rings is 1. The van der Waals surface area contributed by atoms with Gasteiger partial charge in [-0.3, -0.25) is 4.79 Å². The molecule has 0 unspecified atom stereocenters. The summed E-state index contributed by atoms with van der Waals surface area (Å²) in [6.07, 6.45) is 3.43. The normalized spacial score (nSPS) is 10.9. The highest BCUT2D eigenvalue weighted by Gasteiger charge is 2.15. The van der Waals surface area contributed by atoms with Crippen LogP contribution < -0.4 is 9.64 Å². The first-order chi connectivity index (χ1) is 13.5. The molecule has 0 radical (unpaired) electrons. The molecular weight excluding hydrogens is 378 g/mol. The molecule has 0 aliphatic carbocycles. The second kappa shape index (κ2) is 8.93. The molecule has 0 fully saturated rings. The van der Waals surface area contributed by atoms with E-state index in [1.165, 1.54) is 0 Å². The third kappa shape index (κ3) is 4.36. The molecule has 3 rings (SSSR count). The number of hydrogen-bond donors (Lipinski definition) is 0. The molecule has 2 aromatic heterocycles. The van der Waals surface area contributed by atoms with Crippen LogP contribution in [0.2, 0.25) is 5.02 Å². The van der Waals surface area contributed by atoms with Crippen molar-refractivity contribution in [1.29, 1.82) is 0 Å². The van der Waals surface area contributed by atoms with Gasteiger partial charge in [-0.15, -0.1) is 0 Å². The summed E-state index contributed by atoms with van der Waals surface area (Å²) in [7, 11) is 3.40. The zero-order chi connectivity index (χ0) is 20.1. The van der Waals surface area contributed by atoms with E-state index in [0.29, 0.717) is 29.5 Å². The van der Waals surface area contributed by atoms with E-state index in [1.54, 1.807) is 36.1 Å². The Labute approximate surface area is 169 Å². The van der Waals surface area contributed by atoms with Crippen molar-refractivity contribution >= 4 is 34.2 Å². The van der Waals surface area contributed by atoms with Crippen molar-refractivity contribution in [2.24, 2.45) is 0 Å². The molecule has 0 saturated heterocycles. The van der Waals surface area contributed by atoms with Crippen LogP contribution in [0.15, 0.2) is 42.7 Å². The summed E-state index contributed by atoms with van der Waals surface area (Å²) in [6, 6.07) is 9.48. The highest BCUT2D eigenvalue weighted by Crippen LogP contribution is 2.29. The summed E-state index contributed by atoms with van der Waals surface area (Å²) < 4.78 is 6.93. The summed E-state index contributed by atoms with van der Waals surface area (Å²) >= 11 is 6.11. The molecule has 0 aliphatic rings. The second-order valence-corrected chi connectivity index (χ2v) is 6.84. The van der Waals surface area contributed by atoms with E-state index in [9.17, 15) is 4.79 Å². The number of halogens is 1. The Bertz CT molecular complexity index is 959. The maximum atomic E-state index is 12.6. The Balaban J connectivity index is 1.61. The topological polar surface area (TPSA) is 63.5 Å². The van der Waals surface area contributed by atoms with Crippen LogP contribution in [0.3, 0.4) is 0 Å². The van der Waals surface area contributed by atoms with E-state index in [-0.39, 0.29) is 12.5 Å². The summed E-state index contributed by atoms with van der Waals surface area (Å²) in [6.45, 7) is 4.33. The number of ether oxygens (including phenoxy) is 1. The average Bonchev–Trinajstić information content (AvgIpc) is 3.12. The van der Waals surface area contributed by atoms with Crippen LogP contribution in [0.25, 0.3) is 11.0 Å². The first-order valence-corrected chi connectivity index (χ1v) is 9.50. The van der Waals surface area contributed by atoms with Crippen LogP contribution in [-0.4, -0.2) is 59.4 Å². The molecule has 2 heterocycles. The van der Waals surface area contributed by atoms with E-state index in [4.69, 9.17) is 16.3 Å². The van der Waals surface area contributed by atoms with Gasteiger partial charge in [0.2, 0.25) is 5.91 Å². The van der Waals surface area contributed by atoms with E-state index in [2.05, 4.69) is 21.9 Å². The molecule has 7 nitrogen and oxygen atoms in total. The number of carbonyl (C=O) groups excluding carboxylic acids is 1. The first-order valence-electron chi connectivity index (χ1n) is 9.12. The molecule has 1 amide bonds. The zero-order valence-corrected chi connectivity index (χ0v) is 17.1. The number of likely N-dealkylation sites (N-methyl/N-ethyl adjacent to an activating group) is 2. The molecule has 148 valence electrons. The molecule has 28 heavy (non-hydrogen) atoms. The predicted molar refractivity (Wildman–Crippen MR) is 111 cm³/mol. The Morgan fingerprint density at radius 2 is 2.11 bits per heavy atom. The highest BCUT2D eigenvalue weighted by molar-refractivity contribution is 6.32. The van der Waals surface area contributed by atoms with Crippen molar-refractivity contribution in [3.8, 4) is 5.75 Å². The van der Waals surface area contributed by atoms with Crippen molar-refractivity contribution in [2.45, 2.75) is 13.5 Å². The zero-order valence-electron chi connectivity index (χ0n) is 16.3. The number of fused-ring (bicyclic) bond motifs is 1. The Morgan fingerprint density at radius 3 is 2.86 bits per heavy atom. The molecule has 8 heteroatoms. The van der Waals surface area contributed by atoms with Crippen LogP contribution in [0.1, 0.15) is 6.92 Å². The summed E-state index contributed by atoms with van der Waals surface area (Å²) in [5.74, 6) is 0.625. The fourth-order valence-electron chi connectivity index (χ4n) is 2.99. The minimum absolute atomic E-state index is 0.0135. The van der Waals surface area contributed by atoms with E-state index in [1.807, 2.05) is 30.3 Å². The van der Waals surface area contributed by atoms with Crippen molar-refractivity contribution in [3.63, 3.8) is 0 Å². The lowest BCUT2D eigenvalue weighted by Crippen LogP contribution is -2.38. The third-order valence-electron chi connectivity index (χ3n) is 4.70. The molecular formula is C20H24ClN5O2. The van der Waals surface area contributed by atoms with Crippen molar-refractivity contribution < 1.29 is 9.53 Å². The van der Waals surface area contributed by atoms with Crippen LogP contribution in [0.5, 0.6) is 5.75 Å². The number of pyridine rings is 1. The average molecular weight is 402 g/mol. The van der Waals surface area contributed by atoms with Crippen LogP contribution in [-0.2, 0) is 11.3 Å². The van der Waals surface area contributed by atoms with Gasteiger partial charge in [-0.1, -0.05) is 11.6 Å². The fourth-order valence-corrected chi connectivity index (χ4v) is 3.18. The number of rotatable bonds is 8. The largest absolute Gasteiger partial charge is 0.495 e. The van der Waals surface area contributed by atoms with Crippen LogP contribution in [0.4, 0.5) is 5.69 Å². The highest BCUT2D eigenvalue weighted by atomic mass is 35.5. The van der Waals surface area contributed by atoms with Gasteiger partial charge in [0, 0.05) is 50.0 Å². The number of methoxy groups -OCH3 is 1.